The summed E-state index contributed by atoms with van der Waals surface area (Å²) >= 11 is 5.71. The molecule has 0 spiro atoms. The van der Waals surface area contributed by atoms with Gasteiger partial charge in [0.2, 0.25) is 5.88 Å². The number of phenols is 1. The van der Waals surface area contributed by atoms with Crippen LogP contribution in [0.1, 0.15) is 11.1 Å². The summed E-state index contributed by atoms with van der Waals surface area (Å²) in [6, 6.07) is 5.15. The van der Waals surface area contributed by atoms with Gasteiger partial charge in [-0.1, -0.05) is 11.6 Å². The zero-order valence-corrected chi connectivity index (χ0v) is 11.0. The normalized spacial score (nSPS) is 11.4. The number of pyridine rings is 1. The maximum atomic E-state index is 12.5. The number of ether oxygens (including phenoxy) is 1. The van der Waals surface area contributed by atoms with Crippen molar-refractivity contribution in [2.45, 2.75) is 13.1 Å². The summed E-state index contributed by atoms with van der Waals surface area (Å²) in [4.78, 5) is 3.54. The molecule has 0 unspecified atom stereocenters. The molecule has 1 heterocycles. The maximum absolute atomic E-state index is 12.5. The molecular weight excluding hydrogens is 295 g/mol. The zero-order chi connectivity index (χ0) is 14.9. The van der Waals surface area contributed by atoms with Crippen molar-refractivity contribution >= 4 is 11.6 Å². The van der Waals surface area contributed by atoms with Crippen LogP contribution in [0.5, 0.6) is 17.4 Å². The molecule has 2 aromatic rings. The standard InChI is InChI=1S/C13H9ClF3NO2/c1-7-2-9(19)5-10(3-7)20-12-11(14)4-8(6-18-12)13(15,16)17/h2-6,19H,1H3. The fraction of sp³-hybridized carbons (Fsp3) is 0.154. The number of hydrogen-bond donors (Lipinski definition) is 1. The highest BCUT2D eigenvalue weighted by molar-refractivity contribution is 6.31. The van der Waals surface area contributed by atoms with Crippen LogP contribution >= 0.6 is 11.6 Å². The molecule has 0 aliphatic rings. The zero-order valence-electron chi connectivity index (χ0n) is 10.2. The topological polar surface area (TPSA) is 42.4 Å². The first-order valence-corrected chi connectivity index (χ1v) is 5.85. The molecule has 0 fully saturated rings. The number of aromatic hydroxyl groups is 1. The lowest BCUT2D eigenvalue weighted by atomic mass is 10.2. The third-order valence-corrected chi connectivity index (χ3v) is 2.66. The fourth-order valence-electron chi connectivity index (χ4n) is 1.55. The Balaban J connectivity index is 2.30. The van der Waals surface area contributed by atoms with Crippen molar-refractivity contribution in [2.75, 3.05) is 0 Å². The molecule has 3 nitrogen and oxygen atoms in total. The summed E-state index contributed by atoms with van der Waals surface area (Å²) in [6.45, 7) is 1.73. The molecule has 1 aromatic heterocycles. The van der Waals surface area contributed by atoms with E-state index in [0.29, 0.717) is 6.20 Å². The smallest absolute Gasteiger partial charge is 0.417 e. The number of alkyl halides is 3. The van der Waals surface area contributed by atoms with Gasteiger partial charge in [0.25, 0.3) is 0 Å². The van der Waals surface area contributed by atoms with E-state index in [1.165, 1.54) is 12.1 Å². The van der Waals surface area contributed by atoms with E-state index in [1.54, 1.807) is 13.0 Å². The molecule has 0 saturated heterocycles. The second kappa shape index (κ2) is 5.20. The average Bonchev–Trinajstić information content (AvgIpc) is 2.29. The Kier molecular flexibility index (Phi) is 3.76. The van der Waals surface area contributed by atoms with Crippen molar-refractivity contribution in [1.82, 2.24) is 4.98 Å². The molecule has 0 saturated carbocycles. The molecular formula is C13H9ClF3NO2. The van der Waals surface area contributed by atoms with E-state index < -0.39 is 11.7 Å². The number of hydrogen-bond acceptors (Lipinski definition) is 3. The van der Waals surface area contributed by atoms with Gasteiger partial charge in [0.15, 0.2) is 0 Å². The largest absolute Gasteiger partial charge is 0.508 e. The minimum Gasteiger partial charge on any atom is -0.508 e. The quantitative estimate of drug-likeness (QED) is 0.884. The van der Waals surface area contributed by atoms with Gasteiger partial charge in [-0.3, -0.25) is 0 Å². The summed E-state index contributed by atoms with van der Waals surface area (Å²) < 4.78 is 42.6. The maximum Gasteiger partial charge on any atom is 0.417 e. The van der Waals surface area contributed by atoms with Crippen LogP contribution in [-0.2, 0) is 6.18 Å². The van der Waals surface area contributed by atoms with Gasteiger partial charge in [0.05, 0.1) is 5.56 Å². The van der Waals surface area contributed by atoms with Crippen molar-refractivity contribution < 1.29 is 23.0 Å². The third kappa shape index (κ3) is 3.33. The monoisotopic (exact) mass is 303 g/mol. The Bertz CT molecular complexity index is 624. The highest BCUT2D eigenvalue weighted by Crippen LogP contribution is 2.35. The van der Waals surface area contributed by atoms with Crippen molar-refractivity contribution in [3.05, 3.63) is 46.6 Å². The van der Waals surface area contributed by atoms with Crippen molar-refractivity contribution in [2.24, 2.45) is 0 Å². The second-order valence-electron chi connectivity index (χ2n) is 4.12. The first kappa shape index (κ1) is 14.5. The van der Waals surface area contributed by atoms with Crippen LogP contribution in [0.3, 0.4) is 0 Å². The number of rotatable bonds is 2. The molecule has 7 heteroatoms. The van der Waals surface area contributed by atoms with Crippen LogP contribution in [-0.4, -0.2) is 10.1 Å². The summed E-state index contributed by atoms with van der Waals surface area (Å²) in [5.74, 6) is 0.0457. The highest BCUT2D eigenvalue weighted by Gasteiger charge is 2.31. The number of phenolic OH excluding ortho intramolecular Hbond substituents is 1. The SMILES string of the molecule is Cc1cc(O)cc(Oc2ncc(C(F)(F)F)cc2Cl)c1. The van der Waals surface area contributed by atoms with Crippen molar-refractivity contribution in [1.29, 1.82) is 0 Å². The Hall–Kier alpha value is -1.95. The van der Waals surface area contributed by atoms with Crippen LogP contribution in [0.4, 0.5) is 13.2 Å². The van der Waals surface area contributed by atoms with Gasteiger partial charge >= 0.3 is 6.18 Å². The molecule has 0 radical (unpaired) electrons. The fourth-order valence-corrected chi connectivity index (χ4v) is 1.76. The third-order valence-electron chi connectivity index (χ3n) is 2.38. The van der Waals surface area contributed by atoms with Gasteiger partial charge in [0, 0.05) is 12.3 Å². The number of halogens is 4. The van der Waals surface area contributed by atoms with E-state index in [4.69, 9.17) is 16.3 Å². The number of nitrogens with zero attached hydrogens (tertiary/aromatic N) is 1. The summed E-state index contributed by atoms with van der Waals surface area (Å²) in [7, 11) is 0. The van der Waals surface area contributed by atoms with Gasteiger partial charge in [-0.25, -0.2) is 4.98 Å². The predicted octanol–water partition coefficient (Wildman–Crippen LogP) is 4.56. The minimum atomic E-state index is -4.52. The summed E-state index contributed by atoms with van der Waals surface area (Å²) in [6.07, 6.45) is -3.88. The van der Waals surface area contributed by atoms with E-state index in [2.05, 4.69) is 4.98 Å². The molecule has 106 valence electrons. The number of aromatic nitrogens is 1. The predicted molar refractivity (Wildman–Crippen MR) is 67.2 cm³/mol. The minimum absolute atomic E-state index is 0.0250. The van der Waals surface area contributed by atoms with E-state index in [1.807, 2.05) is 0 Å². The molecule has 1 N–H and O–H groups in total. The second-order valence-corrected chi connectivity index (χ2v) is 4.52. The van der Waals surface area contributed by atoms with Gasteiger partial charge in [-0.05, 0) is 30.7 Å². The molecule has 0 aliphatic carbocycles. The first-order valence-electron chi connectivity index (χ1n) is 5.47. The van der Waals surface area contributed by atoms with Gasteiger partial charge in [-0.15, -0.1) is 0 Å². The Morgan fingerprint density at radius 2 is 1.90 bits per heavy atom. The Labute approximate surface area is 117 Å². The van der Waals surface area contributed by atoms with Crippen LogP contribution in [0.25, 0.3) is 0 Å². The van der Waals surface area contributed by atoms with E-state index in [0.717, 1.165) is 11.6 Å². The van der Waals surface area contributed by atoms with E-state index in [-0.39, 0.29) is 22.4 Å². The van der Waals surface area contributed by atoms with Gasteiger partial charge < -0.3 is 9.84 Å². The first-order chi connectivity index (χ1) is 9.25. The summed E-state index contributed by atoms with van der Waals surface area (Å²) in [5.41, 5.74) is -0.232. The lowest BCUT2D eigenvalue weighted by molar-refractivity contribution is -0.137. The van der Waals surface area contributed by atoms with Crippen molar-refractivity contribution in [3.63, 3.8) is 0 Å². The number of aryl methyl sites for hydroxylation is 1. The van der Waals surface area contributed by atoms with E-state index in [9.17, 15) is 18.3 Å². The Morgan fingerprint density at radius 1 is 1.20 bits per heavy atom. The highest BCUT2D eigenvalue weighted by atomic mass is 35.5. The van der Waals surface area contributed by atoms with Crippen LogP contribution in [0.2, 0.25) is 5.02 Å². The molecule has 0 atom stereocenters. The van der Waals surface area contributed by atoms with Crippen LogP contribution in [0.15, 0.2) is 30.5 Å². The van der Waals surface area contributed by atoms with Gasteiger partial charge in [0.1, 0.15) is 16.5 Å². The van der Waals surface area contributed by atoms with E-state index >= 15 is 0 Å². The van der Waals surface area contributed by atoms with Crippen LogP contribution in [0, 0.1) is 6.92 Å². The average molecular weight is 304 g/mol. The number of benzene rings is 1. The van der Waals surface area contributed by atoms with Gasteiger partial charge in [-0.2, -0.15) is 13.2 Å². The van der Waals surface area contributed by atoms with Crippen LogP contribution < -0.4 is 4.74 Å². The molecule has 0 bridgehead atoms. The molecule has 20 heavy (non-hydrogen) atoms. The lowest BCUT2D eigenvalue weighted by Crippen LogP contribution is -2.05. The lowest BCUT2D eigenvalue weighted by Gasteiger charge is -2.10. The molecule has 2 rings (SSSR count). The molecule has 0 aliphatic heterocycles. The Morgan fingerprint density at radius 3 is 2.45 bits per heavy atom. The molecule has 1 aromatic carbocycles. The molecule has 0 amide bonds. The summed E-state index contributed by atoms with van der Waals surface area (Å²) in [5, 5.41) is 9.15. The van der Waals surface area contributed by atoms with Crippen molar-refractivity contribution in [3.8, 4) is 17.4 Å².